The van der Waals surface area contributed by atoms with Crippen molar-refractivity contribution in [3.63, 3.8) is 0 Å². The van der Waals surface area contributed by atoms with Gasteiger partial charge < -0.3 is 23.7 Å². The largest absolute Gasteiger partial charge is 0.497 e. The molecule has 2 heterocycles. The summed E-state index contributed by atoms with van der Waals surface area (Å²) in [6.45, 7) is 6.39. The molecule has 0 aliphatic carbocycles. The molecule has 10 heteroatoms. The average molecular weight is 665 g/mol. The summed E-state index contributed by atoms with van der Waals surface area (Å²) in [6, 6.07) is 24.4. The first kappa shape index (κ1) is 32.6. The second kappa shape index (κ2) is 14.2. The van der Waals surface area contributed by atoms with Crippen LogP contribution in [-0.4, -0.2) is 38.0 Å². The van der Waals surface area contributed by atoms with Crippen LogP contribution in [0.25, 0.3) is 16.8 Å². The van der Waals surface area contributed by atoms with Crippen LogP contribution in [0.5, 0.6) is 23.0 Å². The lowest BCUT2D eigenvalue weighted by atomic mass is 9.95. The molecule has 0 saturated carbocycles. The number of allylic oxidation sites excluding steroid dienone is 1. The maximum absolute atomic E-state index is 14.2. The van der Waals surface area contributed by atoms with E-state index in [2.05, 4.69) is 29.3 Å². The summed E-state index contributed by atoms with van der Waals surface area (Å²) in [5, 5.41) is 2.29. The van der Waals surface area contributed by atoms with Crippen molar-refractivity contribution >= 4 is 34.2 Å². The van der Waals surface area contributed by atoms with E-state index in [-0.39, 0.29) is 17.7 Å². The molecule has 246 valence electrons. The summed E-state index contributed by atoms with van der Waals surface area (Å²) in [5.74, 6) is 1.67. The molecular formula is C38H36N2O7S. The van der Waals surface area contributed by atoms with E-state index in [1.165, 1.54) is 23.0 Å². The number of fused-ring (bicyclic) bond motifs is 2. The number of aromatic nitrogens is 1. The van der Waals surface area contributed by atoms with E-state index in [1.807, 2.05) is 43.3 Å². The van der Waals surface area contributed by atoms with E-state index in [4.69, 9.17) is 23.7 Å². The van der Waals surface area contributed by atoms with Crippen molar-refractivity contribution < 1.29 is 28.5 Å². The molecule has 48 heavy (non-hydrogen) atoms. The molecule has 5 aromatic rings. The zero-order valence-corrected chi connectivity index (χ0v) is 28.3. The minimum absolute atomic E-state index is 0.177. The monoisotopic (exact) mass is 664 g/mol. The summed E-state index contributed by atoms with van der Waals surface area (Å²) in [4.78, 5) is 32.7. The van der Waals surface area contributed by atoms with Crippen molar-refractivity contribution in [2.24, 2.45) is 4.99 Å². The Bertz CT molecular complexity index is 2210. The third kappa shape index (κ3) is 6.31. The fraction of sp³-hybridized carbons (Fsp3) is 0.237. The van der Waals surface area contributed by atoms with Gasteiger partial charge in [0.05, 0.1) is 43.2 Å². The number of benzene rings is 4. The van der Waals surface area contributed by atoms with E-state index in [0.717, 1.165) is 21.9 Å². The molecule has 0 amide bonds. The van der Waals surface area contributed by atoms with E-state index in [0.29, 0.717) is 56.8 Å². The normalized spacial score (nSPS) is 14.4. The Hall–Kier alpha value is -5.35. The zero-order valence-electron chi connectivity index (χ0n) is 27.4. The Labute approximate surface area is 281 Å². The standard InChI is InChI=1S/C38H36N2O7S/c1-6-45-32-19-24(15-18-30(32)47-22-26-13-10-12-25-11-8-9-14-28(25)26)20-33-36(41)40-35(29-17-16-27(43-4)21-31(29)44-5)34(37(42)46-7-2)23(3)39-38(40)48-33/h8-21,35H,6-7,22H2,1-5H3/b33-20+. The van der Waals surface area contributed by atoms with Gasteiger partial charge in [-0.15, -0.1) is 0 Å². The lowest BCUT2D eigenvalue weighted by Crippen LogP contribution is -2.40. The molecule has 0 bridgehead atoms. The van der Waals surface area contributed by atoms with Gasteiger partial charge in [-0.2, -0.15) is 0 Å². The van der Waals surface area contributed by atoms with Crippen LogP contribution in [0.2, 0.25) is 0 Å². The number of hydrogen-bond donors (Lipinski definition) is 0. The van der Waals surface area contributed by atoms with Gasteiger partial charge in [0.2, 0.25) is 0 Å². The molecule has 1 unspecified atom stereocenters. The van der Waals surface area contributed by atoms with Gasteiger partial charge in [0.15, 0.2) is 16.3 Å². The maximum atomic E-state index is 14.2. The Balaban J connectivity index is 1.40. The highest BCUT2D eigenvalue weighted by molar-refractivity contribution is 7.07. The van der Waals surface area contributed by atoms with Gasteiger partial charge in [0.25, 0.3) is 5.56 Å². The summed E-state index contributed by atoms with van der Waals surface area (Å²) in [7, 11) is 3.10. The molecule has 0 radical (unpaired) electrons. The number of methoxy groups -OCH3 is 2. The van der Waals surface area contributed by atoms with Crippen LogP contribution >= 0.6 is 11.3 Å². The van der Waals surface area contributed by atoms with Crippen LogP contribution in [0.15, 0.2) is 99.9 Å². The van der Waals surface area contributed by atoms with Gasteiger partial charge in [-0.3, -0.25) is 9.36 Å². The summed E-state index contributed by atoms with van der Waals surface area (Å²) in [5.41, 5.74) is 2.86. The van der Waals surface area contributed by atoms with Crippen LogP contribution in [0, 0.1) is 0 Å². The summed E-state index contributed by atoms with van der Waals surface area (Å²) in [6.07, 6.45) is 1.80. The minimum Gasteiger partial charge on any atom is -0.497 e. The number of thiazole rings is 1. The number of esters is 1. The van der Waals surface area contributed by atoms with E-state index >= 15 is 0 Å². The predicted molar refractivity (Wildman–Crippen MR) is 186 cm³/mol. The maximum Gasteiger partial charge on any atom is 0.338 e. The summed E-state index contributed by atoms with van der Waals surface area (Å²) < 4.78 is 30.7. The molecular weight excluding hydrogens is 628 g/mol. The third-order valence-electron chi connectivity index (χ3n) is 8.08. The van der Waals surface area contributed by atoms with Gasteiger partial charge in [0, 0.05) is 11.6 Å². The first-order chi connectivity index (χ1) is 23.4. The van der Waals surface area contributed by atoms with E-state index < -0.39 is 12.0 Å². The Morgan fingerprint density at radius 2 is 1.71 bits per heavy atom. The lowest BCUT2D eigenvalue weighted by Gasteiger charge is -2.26. The van der Waals surface area contributed by atoms with Crippen LogP contribution in [0.3, 0.4) is 0 Å². The van der Waals surface area contributed by atoms with Gasteiger partial charge >= 0.3 is 5.97 Å². The molecule has 1 aliphatic rings. The van der Waals surface area contributed by atoms with Crippen molar-refractivity contribution in [1.82, 2.24) is 4.57 Å². The molecule has 0 saturated heterocycles. The first-order valence-corrected chi connectivity index (χ1v) is 16.5. The number of rotatable bonds is 11. The number of hydrogen-bond acceptors (Lipinski definition) is 9. The molecule has 9 nitrogen and oxygen atoms in total. The SMILES string of the molecule is CCOC(=O)C1=C(C)N=c2s/c(=C/c3ccc(OCc4cccc5ccccc45)c(OCC)c3)c(=O)n2C1c1ccc(OC)cc1OC. The van der Waals surface area contributed by atoms with Crippen molar-refractivity contribution in [2.45, 2.75) is 33.4 Å². The zero-order chi connectivity index (χ0) is 33.8. The Morgan fingerprint density at radius 1 is 0.896 bits per heavy atom. The molecule has 0 N–H and O–H groups in total. The fourth-order valence-electron chi connectivity index (χ4n) is 5.86. The number of ether oxygens (including phenoxy) is 5. The quantitative estimate of drug-likeness (QED) is 0.161. The predicted octanol–water partition coefficient (Wildman–Crippen LogP) is 5.95. The highest BCUT2D eigenvalue weighted by atomic mass is 32.1. The Kier molecular flexibility index (Phi) is 9.63. The van der Waals surface area contributed by atoms with Crippen molar-refractivity contribution in [3.05, 3.63) is 127 Å². The topological polar surface area (TPSA) is 97.6 Å². The molecule has 1 aliphatic heterocycles. The minimum atomic E-state index is -0.827. The van der Waals surface area contributed by atoms with Gasteiger partial charge in [-0.05, 0) is 73.0 Å². The fourth-order valence-corrected chi connectivity index (χ4v) is 6.90. The lowest BCUT2D eigenvalue weighted by molar-refractivity contribution is -0.139. The van der Waals surface area contributed by atoms with Crippen LogP contribution in [0.4, 0.5) is 0 Å². The third-order valence-corrected chi connectivity index (χ3v) is 9.06. The van der Waals surface area contributed by atoms with Crippen molar-refractivity contribution in [3.8, 4) is 23.0 Å². The number of nitrogens with zero attached hydrogens (tertiary/aromatic N) is 2. The molecule has 1 atom stereocenters. The molecule has 4 aromatic carbocycles. The van der Waals surface area contributed by atoms with Crippen LogP contribution < -0.4 is 33.8 Å². The van der Waals surface area contributed by atoms with Crippen molar-refractivity contribution in [2.75, 3.05) is 27.4 Å². The smallest absolute Gasteiger partial charge is 0.338 e. The number of carbonyl (C=O) groups is 1. The van der Waals surface area contributed by atoms with Gasteiger partial charge in [-0.25, -0.2) is 9.79 Å². The second-order valence-electron chi connectivity index (χ2n) is 11.0. The van der Waals surface area contributed by atoms with Gasteiger partial charge in [-0.1, -0.05) is 59.9 Å². The molecule has 0 fully saturated rings. The molecule has 1 aromatic heterocycles. The molecule has 6 rings (SSSR count). The summed E-state index contributed by atoms with van der Waals surface area (Å²) >= 11 is 1.24. The van der Waals surface area contributed by atoms with Crippen LogP contribution in [0.1, 0.15) is 43.5 Å². The highest BCUT2D eigenvalue weighted by Gasteiger charge is 2.35. The second-order valence-corrected chi connectivity index (χ2v) is 12.0. The first-order valence-electron chi connectivity index (χ1n) is 15.6. The van der Waals surface area contributed by atoms with Gasteiger partial charge in [0.1, 0.15) is 24.1 Å². The van der Waals surface area contributed by atoms with E-state index in [9.17, 15) is 9.59 Å². The Morgan fingerprint density at radius 3 is 2.48 bits per heavy atom. The molecule has 0 spiro atoms. The van der Waals surface area contributed by atoms with Crippen LogP contribution in [-0.2, 0) is 16.1 Å². The average Bonchev–Trinajstić information content (AvgIpc) is 3.40. The highest BCUT2D eigenvalue weighted by Crippen LogP contribution is 2.38. The van der Waals surface area contributed by atoms with E-state index in [1.54, 1.807) is 45.2 Å². The van der Waals surface area contributed by atoms with Crippen molar-refractivity contribution in [1.29, 1.82) is 0 Å². The number of carbonyl (C=O) groups excluding carboxylic acids is 1.